The Labute approximate surface area is 170 Å². The minimum atomic E-state index is -0.419. The number of likely N-dealkylation sites (N-methyl/N-ethyl adjacent to an activating group) is 1. The summed E-state index contributed by atoms with van der Waals surface area (Å²) < 4.78 is 0. The van der Waals surface area contributed by atoms with E-state index in [0.717, 1.165) is 22.4 Å². The molecule has 0 bridgehead atoms. The molecule has 2 N–H and O–H groups in total. The maximum absolute atomic E-state index is 12.5. The Morgan fingerprint density at radius 2 is 1.86 bits per heavy atom. The van der Waals surface area contributed by atoms with Gasteiger partial charge in [0.1, 0.15) is 11.6 Å². The number of pyridine rings is 1. The van der Waals surface area contributed by atoms with Crippen LogP contribution in [0, 0.1) is 39.0 Å². The van der Waals surface area contributed by atoms with E-state index >= 15 is 0 Å². The number of benzene rings is 1. The lowest BCUT2D eigenvalue weighted by atomic mass is 9.99. The molecule has 2 rings (SSSR count). The minimum absolute atomic E-state index is 0.0563. The Bertz CT molecular complexity index is 1050. The van der Waals surface area contributed by atoms with E-state index in [1.54, 1.807) is 20.9 Å². The molecule has 1 aromatic carbocycles. The SMILES string of the molecule is Cc1cccc(NC(=O)CN(C)C(=O)CCc2c(C)[nH]c(=O)c(C#N)c2C)c1C. The van der Waals surface area contributed by atoms with Crippen LogP contribution in [0.4, 0.5) is 5.69 Å². The standard InChI is InChI=1S/C22H26N4O3/c1-13-7-6-8-19(14(13)2)25-20(27)12-26(5)21(28)10-9-17-15(3)18(11-23)22(29)24-16(17)4/h6-8H,9-10,12H2,1-5H3,(H,24,29)(H,25,27). The summed E-state index contributed by atoms with van der Waals surface area (Å²) in [5.74, 6) is -0.456. The number of hydrogen-bond donors (Lipinski definition) is 2. The third-order valence-electron chi connectivity index (χ3n) is 5.19. The Hall–Kier alpha value is -3.40. The number of aryl methyl sites for hydroxylation is 2. The summed E-state index contributed by atoms with van der Waals surface area (Å²) >= 11 is 0. The highest BCUT2D eigenvalue weighted by Gasteiger charge is 2.17. The van der Waals surface area contributed by atoms with Gasteiger partial charge in [-0.1, -0.05) is 12.1 Å². The quantitative estimate of drug-likeness (QED) is 0.785. The number of amides is 2. The lowest BCUT2D eigenvalue weighted by Crippen LogP contribution is -2.35. The lowest BCUT2D eigenvalue weighted by molar-refractivity contribution is -0.133. The molecule has 1 aromatic heterocycles. The van der Waals surface area contributed by atoms with Crippen molar-refractivity contribution in [3.05, 3.63) is 62.1 Å². The number of aromatic amines is 1. The van der Waals surface area contributed by atoms with Crippen molar-refractivity contribution in [1.29, 1.82) is 5.26 Å². The highest BCUT2D eigenvalue weighted by atomic mass is 16.2. The zero-order valence-corrected chi connectivity index (χ0v) is 17.5. The molecule has 29 heavy (non-hydrogen) atoms. The van der Waals surface area contributed by atoms with Crippen molar-refractivity contribution in [3.8, 4) is 6.07 Å². The van der Waals surface area contributed by atoms with Crippen LogP contribution in [0.1, 0.15) is 39.9 Å². The Balaban J connectivity index is 2.00. The van der Waals surface area contributed by atoms with Gasteiger partial charge in [-0.15, -0.1) is 0 Å². The number of carbonyl (C=O) groups is 2. The van der Waals surface area contributed by atoms with E-state index in [1.165, 1.54) is 4.90 Å². The first-order valence-electron chi connectivity index (χ1n) is 9.38. The first-order valence-corrected chi connectivity index (χ1v) is 9.38. The van der Waals surface area contributed by atoms with E-state index in [2.05, 4.69) is 10.3 Å². The molecule has 0 aliphatic rings. The smallest absolute Gasteiger partial charge is 0.266 e. The Morgan fingerprint density at radius 1 is 1.17 bits per heavy atom. The van der Waals surface area contributed by atoms with Gasteiger partial charge in [0.2, 0.25) is 11.8 Å². The molecule has 0 aliphatic carbocycles. The fraction of sp³-hybridized carbons (Fsp3) is 0.364. The third-order valence-corrected chi connectivity index (χ3v) is 5.19. The van der Waals surface area contributed by atoms with Crippen LogP contribution in [0.25, 0.3) is 0 Å². The first-order chi connectivity index (χ1) is 13.6. The maximum Gasteiger partial charge on any atom is 0.266 e. The van der Waals surface area contributed by atoms with Crippen LogP contribution in [-0.2, 0) is 16.0 Å². The van der Waals surface area contributed by atoms with Crippen LogP contribution in [0.2, 0.25) is 0 Å². The van der Waals surface area contributed by atoms with E-state index in [4.69, 9.17) is 5.26 Å². The number of nitriles is 1. The molecule has 1 heterocycles. The molecule has 0 radical (unpaired) electrons. The summed E-state index contributed by atoms with van der Waals surface area (Å²) in [6, 6.07) is 7.58. The molecule has 7 nitrogen and oxygen atoms in total. The van der Waals surface area contributed by atoms with Gasteiger partial charge in [0, 0.05) is 24.8 Å². The zero-order valence-electron chi connectivity index (χ0n) is 17.5. The highest BCUT2D eigenvalue weighted by molar-refractivity contribution is 5.95. The molecule has 0 saturated carbocycles. The number of carbonyl (C=O) groups excluding carboxylic acids is 2. The van der Waals surface area contributed by atoms with Gasteiger partial charge in [0.25, 0.3) is 5.56 Å². The van der Waals surface area contributed by atoms with Crippen molar-refractivity contribution in [3.63, 3.8) is 0 Å². The second-order valence-corrected chi connectivity index (χ2v) is 7.21. The number of H-pyrrole nitrogens is 1. The average molecular weight is 394 g/mol. The predicted octanol–water partition coefficient (Wildman–Crippen LogP) is 2.51. The molecular weight excluding hydrogens is 368 g/mol. The molecule has 152 valence electrons. The average Bonchev–Trinajstić information content (AvgIpc) is 2.65. The summed E-state index contributed by atoms with van der Waals surface area (Å²) in [4.78, 5) is 40.6. The van der Waals surface area contributed by atoms with E-state index in [-0.39, 0.29) is 30.3 Å². The van der Waals surface area contributed by atoms with Crippen LogP contribution >= 0.6 is 0 Å². The first kappa shape index (κ1) is 21.9. The van der Waals surface area contributed by atoms with Gasteiger partial charge in [-0.3, -0.25) is 14.4 Å². The zero-order chi connectivity index (χ0) is 21.7. The molecule has 0 fully saturated rings. The Morgan fingerprint density at radius 3 is 2.52 bits per heavy atom. The summed E-state index contributed by atoms with van der Waals surface area (Å²) in [5, 5.41) is 12.0. The highest BCUT2D eigenvalue weighted by Crippen LogP contribution is 2.18. The fourth-order valence-corrected chi connectivity index (χ4v) is 3.22. The minimum Gasteiger partial charge on any atom is -0.336 e. The van der Waals surface area contributed by atoms with E-state index < -0.39 is 5.56 Å². The van der Waals surface area contributed by atoms with Crippen molar-refractivity contribution in [1.82, 2.24) is 9.88 Å². The van der Waals surface area contributed by atoms with Crippen LogP contribution in [-0.4, -0.2) is 35.3 Å². The molecule has 2 aromatic rings. The van der Waals surface area contributed by atoms with E-state index in [1.807, 2.05) is 38.1 Å². The normalized spacial score (nSPS) is 10.3. The van der Waals surface area contributed by atoms with Crippen LogP contribution in [0.3, 0.4) is 0 Å². The molecular formula is C22H26N4O3. The van der Waals surface area contributed by atoms with Crippen molar-refractivity contribution in [2.75, 3.05) is 18.9 Å². The van der Waals surface area contributed by atoms with Gasteiger partial charge in [0.05, 0.1) is 6.54 Å². The summed E-state index contributed by atoms with van der Waals surface area (Å²) in [5.41, 5.74) is 4.48. The molecule has 0 aliphatic heterocycles. The number of rotatable bonds is 6. The third kappa shape index (κ3) is 5.11. The monoisotopic (exact) mass is 394 g/mol. The van der Waals surface area contributed by atoms with Gasteiger partial charge in [-0.2, -0.15) is 5.26 Å². The van der Waals surface area contributed by atoms with Gasteiger partial charge >= 0.3 is 0 Å². The molecule has 0 unspecified atom stereocenters. The second kappa shape index (κ2) is 9.20. The number of aromatic nitrogens is 1. The second-order valence-electron chi connectivity index (χ2n) is 7.21. The van der Waals surface area contributed by atoms with Gasteiger partial charge in [-0.25, -0.2) is 0 Å². The molecule has 0 spiro atoms. The summed E-state index contributed by atoms with van der Waals surface area (Å²) in [7, 11) is 1.58. The van der Waals surface area contributed by atoms with Gasteiger partial charge in [-0.05, 0) is 62.4 Å². The number of hydrogen-bond acceptors (Lipinski definition) is 4. The van der Waals surface area contributed by atoms with Crippen LogP contribution in [0.15, 0.2) is 23.0 Å². The number of nitrogens with zero attached hydrogens (tertiary/aromatic N) is 2. The van der Waals surface area contributed by atoms with Crippen LogP contribution in [0.5, 0.6) is 0 Å². The molecule has 0 saturated heterocycles. The van der Waals surface area contributed by atoms with Crippen molar-refractivity contribution in [2.45, 2.75) is 40.5 Å². The molecule has 7 heteroatoms. The lowest BCUT2D eigenvalue weighted by Gasteiger charge is -2.18. The van der Waals surface area contributed by atoms with Crippen molar-refractivity contribution in [2.24, 2.45) is 0 Å². The summed E-state index contributed by atoms with van der Waals surface area (Å²) in [6.07, 6.45) is 0.552. The fourth-order valence-electron chi connectivity index (χ4n) is 3.22. The topological polar surface area (TPSA) is 106 Å². The number of anilines is 1. The number of nitrogens with one attached hydrogen (secondary N) is 2. The van der Waals surface area contributed by atoms with E-state index in [0.29, 0.717) is 17.7 Å². The molecule has 2 amide bonds. The van der Waals surface area contributed by atoms with Crippen molar-refractivity contribution >= 4 is 17.5 Å². The maximum atomic E-state index is 12.5. The predicted molar refractivity (Wildman–Crippen MR) is 112 cm³/mol. The molecule has 0 atom stereocenters. The summed E-state index contributed by atoms with van der Waals surface area (Å²) in [6.45, 7) is 7.31. The van der Waals surface area contributed by atoms with Crippen LogP contribution < -0.4 is 10.9 Å². The van der Waals surface area contributed by atoms with Gasteiger partial charge in [0.15, 0.2) is 0 Å². The van der Waals surface area contributed by atoms with Gasteiger partial charge < -0.3 is 15.2 Å². The Kier molecular flexibility index (Phi) is 6.94. The van der Waals surface area contributed by atoms with E-state index in [9.17, 15) is 14.4 Å². The largest absolute Gasteiger partial charge is 0.336 e. The van der Waals surface area contributed by atoms with Crippen molar-refractivity contribution < 1.29 is 9.59 Å².